The molecule has 3 aromatic rings. The van der Waals surface area contributed by atoms with Crippen LogP contribution in [-0.4, -0.2) is 29.0 Å². The first-order valence-corrected chi connectivity index (χ1v) is 8.93. The molecule has 0 aliphatic heterocycles. The largest absolute Gasteiger partial charge is 0.497 e. The van der Waals surface area contributed by atoms with Gasteiger partial charge < -0.3 is 9.47 Å². The van der Waals surface area contributed by atoms with Crippen LogP contribution in [0.2, 0.25) is 0 Å². The molecule has 2 aromatic carbocycles. The lowest BCUT2D eigenvalue weighted by Crippen LogP contribution is -2.04. The van der Waals surface area contributed by atoms with E-state index in [0.29, 0.717) is 17.9 Å². The summed E-state index contributed by atoms with van der Waals surface area (Å²) in [5, 5.41) is 18.4. The van der Waals surface area contributed by atoms with Gasteiger partial charge in [-0.25, -0.2) is 0 Å². The summed E-state index contributed by atoms with van der Waals surface area (Å²) in [6, 6.07) is 17.5. The number of thioether (sulfide) groups is 1. The molecule has 0 saturated heterocycles. The Hall–Kier alpha value is -2.82. The van der Waals surface area contributed by atoms with Gasteiger partial charge in [0.2, 0.25) is 0 Å². The van der Waals surface area contributed by atoms with Crippen molar-refractivity contribution in [3.63, 3.8) is 0 Å². The van der Waals surface area contributed by atoms with Crippen molar-refractivity contribution in [3.05, 3.63) is 65.5 Å². The highest BCUT2D eigenvalue weighted by molar-refractivity contribution is 7.98. The highest BCUT2D eigenvalue weighted by atomic mass is 32.2. The van der Waals surface area contributed by atoms with E-state index in [1.165, 1.54) is 0 Å². The van der Waals surface area contributed by atoms with E-state index in [-0.39, 0.29) is 0 Å². The number of aromatic nitrogens is 3. The van der Waals surface area contributed by atoms with Crippen molar-refractivity contribution in [1.82, 2.24) is 14.8 Å². The Bertz CT molecular complexity index is 916. The SMILES string of the molecule is COCc1nnc(SCc2cccc(C#N)c2)n1-c1ccc(OC)cc1. The predicted molar refractivity (Wildman–Crippen MR) is 99.3 cm³/mol. The zero-order chi connectivity index (χ0) is 18.4. The maximum atomic E-state index is 9.04. The summed E-state index contributed by atoms with van der Waals surface area (Å²) < 4.78 is 12.4. The third-order valence-corrected chi connectivity index (χ3v) is 4.73. The lowest BCUT2D eigenvalue weighted by atomic mass is 10.2. The highest BCUT2D eigenvalue weighted by Crippen LogP contribution is 2.26. The van der Waals surface area contributed by atoms with Gasteiger partial charge in [0, 0.05) is 18.6 Å². The van der Waals surface area contributed by atoms with Gasteiger partial charge in [-0.3, -0.25) is 4.57 Å². The summed E-state index contributed by atoms with van der Waals surface area (Å²) in [6.07, 6.45) is 0. The Labute approximate surface area is 156 Å². The van der Waals surface area contributed by atoms with Crippen LogP contribution in [0.5, 0.6) is 5.75 Å². The van der Waals surface area contributed by atoms with Gasteiger partial charge in [0.05, 0.1) is 18.7 Å². The number of rotatable bonds is 7. The topological polar surface area (TPSA) is 73.0 Å². The van der Waals surface area contributed by atoms with E-state index in [9.17, 15) is 0 Å². The van der Waals surface area contributed by atoms with Gasteiger partial charge in [0.25, 0.3) is 0 Å². The summed E-state index contributed by atoms with van der Waals surface area (Å²) >= 11 is 1.56. The van der Waals surface area contributed by atoms with Crippen molar-refractivity contribution in [3.8, 4) is 17.5 Å². The Kier molecular flexibility index (Phi) is 5.89. The molecule has 0 saturated carbocycles. The fourth-order valence-electron chi connectivity index (χ4n) is 2.49. The highest BCUT2D eigenvalue weighted by Gasteiger charge is 2.14. The lowest BCUT2D eigenvalue weighted by Gasteiger charge is -2.10. The van der Waals surface area contributed by atoms with Crippen molar-refractivity contribution in [2.75, 3.05) is 14.2 Å². The van der Waals surface area contributed by atoms with Crippen LogP contribution in [0.3, 0.4) is 0 Å². The molecule has 0 radical (unpaired) electrons. The minimum absolute atomic E-state index is 0.365. The van der Waals surface area contributed by atoms with Gasteiger partial charge in [-0.15, -0.1) is 10.2 Å². The van der Waals surface area contributed by atoms with Crippen molar-refractivity contribution in [1.29, 1.82) is 5.26 Å². The number of benzene rings is 2. The molecule has 7 heteroatoms. The predicted octanol–water partition coefficient (Wildman–Crippen LogP) is 3.59. The molecular weight excluding hydrogens is 348 g/mol. The molecule has 1 aromatic heterocycles. The monoisotopic (exact) mass is 366 g/mol. The van der Waals surface area contributed by atoms with Gasteiger partial charge in [-0.1, -0.05) is 23.9 Å². The smallest absolute Gasteiger partial charge is 0.196 e. The van der Waals surface area contributed by atoms with Crippen LogP contribution >= 0.6 is 11.8 Å². The normalized spacial score (nSPS) is 10.5. The van der Waals surface area contributed by atoms with Crippen LogP contribution in [0.4, 0.5) is 0 Å². The second kappa shape index (κ2) is 8.52. The minimum Gasteiger partial charge on any atom is -0.497 e. The average molecular weight is 366 g/mol. The van der Waals surface area contributed by atoms with Crippen molar-refractivity contribution >= 4 is 11.8 Å². The van der Waals surface area contributed by atoms with E-state index < -0.39 is 0 Å². The zero-order valence-electron chi connectivity index (χ0n) is 14.5. The summed E-state index contributed by atoms with van der Waals surface area (Å²) in [4.78, 5) is 0. The Morgan fingerprint density at radius 1 is 1.12 bits per heavy atom. The Balaban J connectivity index is 1.87. The van der Waals surface area contributed by atoms with Crippen molar-refractivity contribution in [2.24, 2.45) is 0 Å². The van der Waals surface area contributed by atoms with Gasteiger partial charge in [-0.05, 0) is 42.0 Å². The molecule has 1 heterocycles. The molecule has 0 amide bonds. The minimum atomic E-state index is 0.365. The molecular formula is C19H18N4O2S. The molecule has 3 rings (SSSR count). The zero-order valence-corrected chi connectivity index (χ0v) is 15.4. The molecule has 6 nitrogen and oxygen atoms in total. The van der Waals surface area contributed by atoms with Crippen LogP contribution in [0.1, 0.15) is 17.0 Å². The number of hydrogen-bond acceptors (Lipinski definition) is 6. The number of nitriles is 1. The lowest BCUT2D eigenvalue weighted by molar-refractivity contribution is 0.176. The third kappa shape index (κ3) is 4.04. The summed E-state index contributed by atoms with van der Waals surface area (Å²) in [6.45, 7) is 0.365. The van der Waals surface area contributed by atoms with E-state index >= 15 is 0 Å². The molecule has 0 fully saturated rings. The quantitative estimate of drug-likeness (QED) is 0.595. The first-order valence-electron chi connectivity index (χ1n) is 7.94. The first kappa shape index (κ1) is 18.0. The Morgan fingerprint density at radius 2 is 1.92 bits per heavy atom. The molecule has 0 unspecified atom stereocenters. The van der Waals surface area contributed by atoms with E-state index in [1.54, 1.807) is 32.0 Å². The van der Waals surface area contributed by atoms with Crippen LogP contribution in [0, 0.1) is 11.3 Å². The number of methoxy groups -OCH3 is 2. The van der Waals surface area contributed by atoms with Crippen LogP contribution in [0.15, 0.2) is 53.7 Å². The summed E-state index contributed by atoms with van der Waals surface area (Å²) in [5.74, 6) is 2.21. The van der Waals surface area contributed by atoms with Crippen molar-refractivity contribution in [2.45, 2.75) is 17.5 Å². The second-order valence-corrected chi connectivity index (χ2v) is 6.41. The molecule has 0 N–H and O–H groups in total. The van der Waals surface area contributed by atoms with E-state index in [1.807, 2.05) is 47.0 Å². The molecule has 0 atom stereocenters. The van der Waals surface area contributed by atoms with E-state index in [2.05, 4.69) is 16.3 Å². The number of nitrogens with zero attached hydrogens (tertiary/aromatic N) is 4. The Morgan fingerprint density at radius 3 is 2.62 bits per heavy atom. The van der Waals surface area contributed by atoms with Gasteiger partial charge in [0.1, 0.15) is 12.4 Å². The fourth-order valence-corrected chi connectivity index (χ4v) is 3.40. The van der Waals surface area contributed by atoms with Crippen molar-refractivity contribution < 1.29 is 9.47 Å². The second-order valence-electron chi connectivity index (χ2n) is 5.47. The maximum absolute atomic E-state index is 9.04. The van der Waals surface area contributed by atoms with Gasteiger partial charge in [0.15, 0.2) is 11.0 Å². The molecule has 26 heavy (non-hydrogen) atoms. The molecule has 0 aliphatic carbocycles. The average Bonchev–Trinajstić information content (AvgIpc) is 3.09. The molecule has 0 spiro atoms. The summed E-state index contributed by atoms with van der Waals surface area (Å²) in [7, 11) is 3.27. The van der Waals surface area contributed by atoms with E-state index in [4.69, 9.17) is 14.7 Å². The molecule has 132 valence electrons. The number of hydrogen-bond donors (Lipinski definition) is 0. The first-order chi connectivity index (χ1) is 12.7. The standard InChI is InChI=1S/C19H18N4O2S/c1-24-12-18-21-22-19(23(18)16-6-8-17(25-2)9-7-16)26-13-15-5-3-4-14(10-15)11-20/h3-10H,12-13H2,1-2H3. The maximum Gasteiger partial charge on any atom is 0.196 e. The third-order valence-electron chi connectivity index (χ3n) is 3.73. The number of ether oxygens (including phenoxy) is 2. The van der Waals surface area contributed by atoms with Gasteiger partial charge in [-0.2, -0.15) is 5.26 Å². The van der Waals surface area contributed by atoms with Crippen LogP contribution in [-0.2, 0) is 17.1 Å². The van der Waals surface area contributed by atoms with Crippen LogP contribution < -0.4 is 4.74 Å². The summed E-state index contributed by atoms with van der Waals surface area (Å²) in [5.41, 5.74) is 2.66. The molecule has 0 bridgehead atoms. The fraction of sp³-hybridized carbons (Fsp3) is 0.211. The molecule has 0 aliphatic rings. The van der Waals surface area contributed by atoms with Gasteiger partial charge >= 0.3 is 0 Å². The van der Waals surface area contributed by atoms with E-state index in [0.717, 1.165) is 28.0 Å². The van der Waals surface area contributed by atoms with Crippen LogP contribution in [0.25, 0.3) is 5.69 Å².